The molecule has 0 aliphatic heterocycles. The minimum atomic E-state index is 0.134. The fraction of sp³-hybridized carbons (Fsp3) is 0.455. The predicted octanol–water partition coefficient (Wildman–Crippen LogP) is 0.944. The Labute approximate surface area is 114 Å². The summed E-state index contributed by atoms with van der Waals surface area (Å²) in [5.41, 5.74) is 1.22. The number of hydrogen-bond donors (Lipinski definition) is 3. The van der Waals surface area contributed by atoms with Gasteiger partial charge in [0.25, 0.3) is 0 Å². The van der Waals surface area contributed by atoms with E-state index in [-0.39, 0.29) is 17.1 Å². The molecule has 1 amide bonds. The van der Waals surface area contributed by atoms with E-state index in [0.717, 1.165) is 12.8 Å². The Morgan fingerprint density at radius 2 is 2.26 bits per heavy atom. The zero-order chi connectivity index (χ0) is 13.2. The number of carbonyl (C=O) groups is 1. The van der Waals surface area contributed by atoms with Gasteiger partial charge in [0, 0.05) is 19.0 Å². The summed E-state index contributed by atoms with van der Waals surface area (Å²) >= 11 is 5.81. The Bertz CT molecular complexity index is 608. The lowest BCUT2D eigenvalue weighted by atomic mass is 10.4. The minimum Gasteiger partial charge on any atom is -0.366 e. The topological polar surface area (TPSA) is 95.6 Å². The van der Waals surface area contributed by atoms with E-state index in [1.165, 1.54) is 6.33 Å². The fourth-order valence-corrected chi connectivity index (χ4v) is 1.96. The lowest BCUT2D eigenvalue weighted by Gasteiger charge is -2.07. The molecule has 3 rings (SSSR count). The number of anilines is 1. The molecule has 0 aromatic carbocycles. The Hall–Kier alpha value is -1.89. The molecule has 19 heavy (non-hydrogen) atoms. The van der Waals surface area contributed by atoms with Gasteiger partial charge in [-0.3, -0.25) is 4.79 Å². The van der Waals surface area contributed by atoms with Crippen LogP contribution in [0.3, 0.4) is 0 Å². The van der Waals surface area contributed by atoms with Crippen LogP contribution in [-0.4, -0.2) is 38.9 Å². The second-order valence-corrected chi connectivity index (χ2v) is 4.77. The second kappa shape index (κ2) is 5.00. The first-order valence-corrected chi connectivity index (χ1v) is 6.50. The molecule has 0 bridgehead atoms. The van der Waals surface area contributed by atoms with Crippen molar-refractivity contribution in [3.05, 3.63) is 11.6 Å². The van der Waals surface area contributed by atoms with Crippen molar-refractivity contribution in [3.63, 3.8) is 0 Å². The van der Waals surface area contributed by atoms with E-state index in [1.807, 2.05) is 0 Å². The van der Waals surface area contributed by atoms with Gasteiger partial charge in [-0.1, -0.05) is 0 Å². The van der Waals surface area contributed by atoms with Gasteiger partial charge in [-0.05, 0) is 24.4 Å². The molecule has 0 unspecified atom stereocenters. The van der Waals surface area contributed by atoms with Gasteiger partial charge >= 0.3 is 0 Å². The zero-order valence-electron chi connectivity index (χ0n) is 10.1. The minimum absolute atomic E-state index is 0.134. The molecule has 2 aromatic heterocycles. The number of fused-ring (bicyclic) bond motifs is 1. The predicted molar refractivity (Wildman–Crippen MR) is 70.9 cm³/mol. The van der Waals surface area contributed by atoms with E-state index >= 15 is 0 Å². The van der Waals surface area contributed by atoms with Crippen molar-refractivity contribution >= 4 is 34.5 Å². The molecule has 2 heterocycles. The standard InChI is InChI=1S/C11H13ClN6O/c12-11-17-8(7-9(18-11)16-5-15-7)13-3-4-14-10(19)6-1-2-6/h5-6H,1-4H2,(H,14,19)(H2,13,15,16,17,18). The number of H-pyrrole nitrogens is 1. The molecule has 1 fully saturated rings. The highest BCUT2D eigenvalue weighted by Crippen LogP contribution is 2.28. The summed E-state index contributed by atoms with van der Waals surface area (Å²) < 4.78 is 0. The molecule has 1 aliphatic rings. The molecule has 1 aliphatic carbocycles. The van der Waals surface area contributed by atoms with Crippen LogP contribution in [0, 0.1) is 5.92 Å². The smallest absolute Gasteiger partial charge is 0.226 e. The van der Waals surface area contributed by atoms with Gasteiger partial charge in [0.1, 0.15) is 5.52 Å². The average Bonchev–Trinajstić information content (AvgIpc) is 3.13. The van der Waals surface area contributed by atoms with E-state index in [1.54, 1.807) is 0 Å². The highest BCUT2D eigenvalue weighted by Gasteiger charge is 2.28. The Balaban J connectivity index is 1.58. The van der Waals surface area contributed by atoms with E-state index in [9.17, 15) is 4.79 Å². The molecule has 0 saturated heterocycles. The van der Waals surface area contributed by atoms with E-state index in [4.69, 9.17) is 11.6 Å². The normalized spacial score (nSPS) is 14.6. The molecule has 0 radical (unpaired) electrons. The molecule has 0 spiro atoms. The van der Waals surface area contributed by atoms with Crippen LogP contribution in [0.5, 0.6) is 0 Å². The summed E-state index contributed by atoms with van der Waals surface area (Å²) in [7, 11) is 0. The molecule has 7 nitrogen and oxygen atoms in total. The van der Waals surface area contributed by atoms with Gasteiger partial charge in [0.15, 0.2) is 11.5 Å². The van der Waals surface area contributed by atoms with Crippen molar-refractivity contribution in [1.82, 2.24) is 25.3 Å². The van der Waals surface area contributed by atoms with Crippen molar-refractivity contribution in [2.24, 2.45) is 5.92 Å². The van der Waals surface area contributed by atoms with Gasteiger partial charge in [-0.2, -0.15) is 9.97 Å². The second-order valence-electron chi connectivity index (χ2n) is 4.43. The number of aromatic amines is 1. The molecular formula is C11H13ClN6O. The highest BCUT2D eigenvalue weighted by atomic mass is 35.5. The number of imidazole rings is 1. The summed E-state index contributed by atoms with van der Waals surface area (Å²) in [4.78, 5) is 26.5. The molecule has 3 N–H and O–H groups in total. The number of nitrogens with one attached hydrogen (secondary N) is 3. The van der Waals surface area contributed by atoms with Crippen LogP contribution < -0.4 is 10.6 Å². The van der Waals surface area contributed by atoms with E-state index in [2.05, 4.69) is 30.6 Å². The maximum Gasteiger partial charge on any atom is 0.226 e. The van der Waals surface area contributed by atoms with Gasteiger partial charge < -0.3 is 15.6 Å². The molecule has 2 aromatic rings. The summed E-state index contributed by atoms with van der Waals surface area (Å²) in [6.45, 7) is 1.12. The van der Waals surface area contributed by atoms with Crippen LogP contribution in [0.2, 0.25) is 5.28 Å². The molecule has 1 saturated carbocycles. The number of carbonyl (C=O) groups excluding carboxylic acids is 1. The van der Waals surface area contributed by atoms with E-state index in [0.29, 0.717) is 30.1 Å². The number of halogens is 1. The Kier molecular flexibility index (Phi) is 3.20. The van der Waals surface area contributed by atoms with Crippen molar-refractivity contribution in [3.8, 4) is 0 Å². The number of hydrogen-bond acceptors (Lipinski definition) is 5. The monoisotopic (exact) mass is 280 g/mol. The summed E-state index contributed by atoms with van der Waals surface area (Å²) in [6.07, 6.45) is 3.56. The number of amides is 1. The van der Waals surface area contributed by atoms with Gasteiger partial charge in [0.05, 0.1) is 6.33 Å². The molecule has 0 atom stereocenters. The van der Waals surface area contributed by atoms with Crippen molar-refractivity contribution in [2.45, 2.75) is 12.8 Å². The molecule has 100 valence electrons. The van der Waals surface area contributed by atoms with E-state index < -0.39 is 0 Å². The zero-order valence-corrected chi connectivity index (χ0v) is 10.9. The van der Waals surface area contributed by atoms with Crippen molar-refractivity contribution in [2.75, 3.05) is 18.4 Å². The lowest BCUT2D eigenvalue weighted by Crippen LogP contribution is -2.30. The Morgan fingerprint density at radius 3 is 3.05 bits per heavy atom. The van der Waals surface area contributed by atoms with Crippen LogP contribution in [0.4, 0.5) is 5.82 Å². The average molecular weight is 281 g/mol. The third-order valence-corrected chi connectivity index (χ3v) is 3.09. The number of rotatable bonds is 5. The van der Waals surface area contributed by atoms with Gasteiger partial charge in [-0.25, -0.2) is 4.98 Å². The summed E-state index contributed by atoms with van der Waals surface area (Å²) in [5.74, 6) is 0.954. The van der Waals surface area contributed by atoms with Crippen LogP contribution in [0.25, 0.3) is 11.2 Å². The van der Waals surface area contributed by atoms with Crippen LogP contribution in [0.1, 0.15) is 12.8 Å². The maximum absolute atomic E-state index is 11.4. The quantitative estimate of drug-likeness (QED) is 0.560. The third-order valence-electron chi connectivity index (χ3n) is 2.92. The maximum atomic E-state index is 11.4. The van der Waals surface area contributed by atoms with Crippen LogP contribution >= 0.6 is 11.6 Å². The van der Waals surface area contributed by atoms with Crippen LogP contribution in [0.15, 0.2) is 6.33 Å². The largest absolute Gasteiger partial charge is 0.366 e. The lowest BCUT2D eigenvalue weighted by molar-refractivity contribution is -0.122. The van der Waals surface area contributed by atoms with Crippen molar-refractivity contribution in [1.29, 1.82) is 0 Å². The van der Waals surface area contributed by atoms with Crippen molar-refractivity contribution < 1.29 is 4.79 Å². The first-order chi connectivity index (χ1) is 9.24. The van der Waals surface area contributed by atoms with Gasteiger partial charge in [-0.15, -0.1) is 0 Å². The molecule has 8 heteroatoms. The van der Waals surface area contributed by atoms with Crippen LogP contribution in [-0.2, 0) is 4.79 Å². The summed E-state index contributed by atoms with van der Waals surface area (Å²) in [6, 6.07) is 0. The number of nitrogens with zero attached hydrogens (tertiary/aromatic N) is 3. The van der Waals surface area contributed by atoms with Gasteiger partial charge in [0.2, 0.25) is 11.2 Å². The third kappa shape index (κ3) is 2.76. The highest BCUT2D eigenvalue weighted by molar-refractivity contribution is 6.28. The first kappa shape index (κ1) is 12.2. The first-order valence-electron chi connectivity index (χ1n) is 6.12. The summed E-state index contributed by atoms with van der Waals surface area (Å²) in [5, 5.41) is 6.12. The fourth-order valence-electron chi connectivity index (χ4n) is 1.79. The number of aromatic nitrogens is 4. The molecular weight excluding hydrogens is 268 g/mol. The SMILES string of the molecule is O=C(NCCNc1nc(Cl)nc2nc[nH]c12)C1CC1. The Morgan fingerprint density at radius 1 is 1.42 bits per heavy atom.